The third-order valence-corrected chi connectivity index (χ3v) is 3.19. The fraction of sp³-hybridized carbons (Fsp3) is 0.462. The van der Waals surface area contributed by atoms with Crippen LogP contribution in [-0.4, -0.2) is 46.2 Å². The molecule has 2 aromatic heterocycles. The van der Waals surface area contributed by atoms with Gasteiger partial charge in [-0.2, -0.15) is 4.98 Å². The first-order valence-electron chi connectivity index (χ1n) is 6.50. The van der Waals surface area contributed by atoms with Gasteiger partial charge in [0, 0.05) is 38.9 Å². The van der Waals surface area contributed by atoms with Gasteiger partial charge in [0.2, 0.25) is 0 Å². The second kappa shape index (κ2) is 5.46. The third-order valence-electron chi connectivity index (χ3n) is 3.19. The highest BCUT2D eigenvalue weighted by Crippen LogP contribution is 2.15. The minimum Gasteiger partial charge on any atom is -0.332 e. The molecule has 0 spiro atoms. The van der Waals surface area contributed by atoms with Crippen LogP contribution in [0.3, 0.4) is 0 Å². The van der Waals surface area contributed by atoms with Gasteiger partial charge in [-0.3, -0.25) is 9.88 Å². The van der Waals surface area contributed by atoms with Crippen LogP contribution in [0.2, 0.25) is 0 Å². The van der Waals surface area contributed by atoms with Crippen LogP contribution in [-0.2, 0) is 6.54 Å². The molecule has 0 bridgehead atoms. The average molecular weight is 259 g/mol. The van der Waals surface area contributed by atoms with Gasteiger partial charge in [-0.25, -0.2) is 0 Å². The number of nitrogens with one attached hydrogen (secondary N) is 1. The summed E-state index contributed by atoms with van der Waals surface area (Å²) in [4.78, 5) is 11.0. The molecule has 3 heterocycles. The highest BCUT2D eigenvalue weighted by Gasteiger charge is 2.11. The zero-order chi connectivity index (χ0) is 13.1. The fourth-order valence-electron chi connectivity index (χ4n) is 2.17. The first-order chi connectivity index (χ1) is 9.31. The zero-order valence-corrected chi connectivity index (χ0v) is 11.0. The van der Waals surface area contributed by atoms with E-state index in [1.54, 1.807) is 6.92 Å². The lowest BCUT2D eigenvalue weighted by molar-refractivity contribution is 0.233. The maximum absolute atomic E-state index is 5.10. The Labute approximate surface area is 111 Å². The molecule has 0 amide bonds. The summed E-state index contributed by atoms with van der Waals surface area (Å²) >= 11 is 0. The molecule has 0 aromatic carbocycles. The Kier molecular flexibility index (Phi) is 3.52. The van der Waals surface area contributed by atoms with Crippen molar-refractivity contribution >= 4 is 0 Å². The normalized spacial score (nSPS) is 16.7. The van der Waals surface area contributed by atoms with E-state index < -0.39 is 0 Å². The lowest BCUT2D eigenvalue weighted by atomic mass is 10.2. The van der Waals surface area contributed by atoms with Crippen LogP contribution in [0.15, 0.2) is 22.9 Å². The van der Waals surface area contributed by atoms with Crippen LogP contribution in [0, 0.1) is 6.92 Å². The van der Waals surface area contributed by atoms with Gasteiger partial charge in [-0.15, -0.1) is 0 Å². The van der Waals surface area contributed by atoms with Gasteiger partial charge in [-0.1, -0.05) is 11.2 Å². The first kappa shape index (κ1) is 12.3. The Morgan fingerprint density at radius 3 is 2.79 bits per heavy atom. The monoisotopic (exact) mass is 259 g/mol. The van der Waals surface area contributed by atoms with Gasteiger partial charge in [0.1, 0.15) is 5.69 Å². The molecule has 1 aliphatic heterocycles. The number of piperazine rings is 1. The van der Waals surface area contributed by atoms with Gasteiger partial charge in [0.25, 0.3) is 5.89 Å². The number of aryl methyl sites for hydroxylation is 1. The molecule has 3 rings (SSSR count). The minimum absolute atomic E-state index is 0.478. The van der Waals surface area contributed by atoms with Crippen molar-refractivity contribution in [2.75, 3.05) is 26.2 Å². The molecule has 6 heteroatoms. The number of rotatable bonds is 3. The van der Waals surface area contributed by atoms with E-state index in [0.29, 0.717) is 11.7 Å². The van der Waals surface area contributed by atoms with Crippen molar-refractivity contribution in [1.82, 2.24) is 25.3 Å². The van der Waals surface area contributed by atoms with E-state index in [-0.39, 0.29) is 0 Å². The summed E-state index contributed by atoms with van der Waals surface area (Å²) in [6.07, 6.45) is 1.89. The average Bonchev–Trinajstić information content (AvgIpc) is 2.87. The molecule has 1 saturated heterocycles. The summed E-state index contributed by atoms with van der Waals surface area (Å²) in [7, 11) is 0. The quantitative estimate of drug-likeness (QED) is 0.881. The SMILES string of the molecule is Cc1noc(-c2ccc(CN3CCNCC3)cn2)n1. The number of hydrogen-bond donors (Lipinski definition) is 1. The molecule has 1 N–H and O–H groups in total. The maximum atomic E-state index is 5.10. The van der Waals surface area contributed by atoms with Crippen LogP contribution in [0.1, 0.15) is 11.4 Å². The van der Waals surface area contributed by atoms with Gasteiger partial charge < -0.3 is 9.84 Å². The molecule has 19 heavy (non-hydrogen) atoms. The largest absolute Gasteiger partial charge is 0.332 e. The highest BCUT2D eigenvalue weighted by molar-refractivity contribution is 5.46. The summed E-state index contributed by atoms with van der Waals surface area (Å²) in [6.45, 7) is 7.04. The lowest BCUT2D eigenvalue weighted by Gasteiger charge is -2.26. The molecule has 0 saturated carbocycles. The van der Waals surface area contributed by atoms with Crippen LogP contribution in [0.4, 0.5) is 0 Å². The summed E-state index contributed by atoms with van der Waals surface area (Å²) in [5.74, 6) is 1.10. The Morgan fingerprint density at radius 2 is 2.16 bits per heavy atom. The third kappa shape index (κ3) is 2.97. The summed E-state index contributed by atoms with van der Waals surface area (Å²) < 4.78 is 5.10. The Balaban J connectivity index is 1.68. The number of aromatic nitrogens is 3. The van der Waals surface area contributed by atoms with Crippen LogP contribution >= 0.6 is 0 Å². The van der Waals surface area contributed by atoms with Crippen LogP contribution in [0.5, 0.6) is 0 Å². The molecule has 0 atom stereocenters. The number of nitrogens with zero attached hydrogens (tertiary/aromatic N) is 4. The van der Waals surface area contributed by atoms with Crippen LogP contribution in [0.25, 0.3) is 11.6 Å². The Morgan fingerprint density at radius 1 is 1.32 bits per heavy atom. The molecular formula is C13H17N5O. The van der Waals surface area contributed by atoms with Crippen LogP contribution < -0.4 is 5.32 Å². The van der Waals surface area contributed by atoms with E-state index >= 15 is 0 Å². The second-order valence-corrected chi connectivity index (χ2v) is 4.72. The second-order valence-electron chi connectivity index (χ2n) is 4.72. The van der Waals surface area contributed by atoms with E-state index in [1.165, 1.54) is 5.56 Å². The molecule has 0 aliphatic carbocycles. The van der Waals surface area contributed by atoms with Gasteiger partial charge >= 0.3 is 0 Å². The molecule has 0 radical (unpaired) electrons. The van der Waals surface area contributed by atoms with Gasteiger partial charge in [0.15, 0.2) is 5.82 Å². The molecule has 100 valence electrons. The Hall–Kier alpha value is -1.79. The van der Waals surface area contributed by atoms with Crippen molar-refractivity contribution in [3.05, 3.63) is 29.7 Å². The van der Waals surface area contributed by atoms with Gasteiger partial charge in [0.05, 0.1) is 0 Å². The number of pyridine rings is 1. The summed E-state index contributed by atoms with van der Waals surface area (Å²) in [6, 6.07) is 4.01. The zero-order valence-electron chi connectivity index (χ0n) is 11.0. The van der Waals surface area contributed by atoms with E-state index in [4.69, 9.17) is 4.52 Å². The standard InChI is InChI=1S/C13H17N5O/c1-10-16-13(19-17-10)12-3-2-11(8-15-12)9-18-6-4-14-5-7-18/h2-3,8,14H,4-7,9H2,1H3. The molecule has 6 nitrogen and oxygen atoms in total. The predicted molar refractivity (Wildman–Crippen MR) is 70.4 cm³/mol. The minimum atomic E-state index is 0.478. The van der Waals surface area contributed by atoms with E-state index in [0.717, 1.165) is 38.4 Å². The number of hydrogen-bond acceptors (Lipinski definition) is 6. The first-order valence-corrected chi connectivity index (χ1v) is 6.50. The lowest BCUT2D eigenvalue weighted by Crippen LogP contribution is -2.42. The topological polar surface area (TPSA) is 67.1 Å². The molecule has 2 aromatic rings. The van der Waals surface area contributed by atoms with Crippen molar-refractivity contribution in [2.24, 2.45) is 0 Å². The van der Waals surface area contributed by atoms with Crippen molar-refractivity contribution < 1.29 is 4.52 Å². The molecule has 1 fully saturated rings. The van der Waals surface area contributed by atoms with Crippen molar-refractivity contribution in [3.63, 3.8) is 0 Å². The molecule has 1 aliphatic rings. The van der Waals surface area contributed by atoms with E-state index in [2.05, 4.69) is 31.4 Å². The van der Waals surface area contributed by atoms with Crippen molar-refractivity contribution in [1.29, 1.82) is 0 Å². The smallest absolute Gasteiger partial charge is 0.276 e. The fourth-order valence-corrected chi connectivity index (χ4v) is 2.17. The maximum Gasteiger partial charge on any atom is 0.276 e. The summed E-state index contributed by atoms with van der Waals surface area (Å²) in [5.41, 5.74) is 1.94. The van der Waals surface area contributed by atoms with E-state index in [9.17, 15) is 0 Å². The highest BCUT2D eigenvalue weighted by atomic mass is 16.5. The summed E-state index contributed by atoms with van der Waals surface area (Å²) in [5, 5.41) is 7.12. The van der Waals surface area contributed by atoms with Gasteiger partial charge in [-0.05, 0) is 18.6 Å². The van der Waals surface area contributed by atoms with Crippen molar-refractivity contribution in [2.45, 2.75) is 13.5 Å². The molecular weight excluding hydrogens is 242 g/mol. The van der Waals surface area contributed by atoms with Crippen molar-refractivity contribution in [3.8, 4) is 11.6 Å². The van der Waals surface area contributed by atoms with E-state index in [1.807, 2.05) is 12.3 Å². The predicted octanol–water partition coefficient (Wildman–Crippen LogP) is 0.845. The Bertz CT molecular complexity index is 530. The molecule has 0 unspecified atom stereocenters.